The maximum absolute atomic E-state index is 4.55. The van der Waals surface area contributed by atoms with Crippen LogP contribution in [0.1, 0.15) is 24.7 Å². The Kier molecular flexibility index (Phi) is 3.79. The standard InChI is InChI=1S/C14H23N3/c1-12-5-4-6-13(16-12)9-17(3)11-14(2)7-8-15-10-14/h4-6,15H,7-11H2,1-3H3. The van der Waals surface area contributed by atoms with Gasteiger partial charge >= 0.3 is 0 Å². The second-order valence-electron chi connectivity index (χ2n) is 5.68. The van der Waals surface area contributed by atoms with E-state index in [0.717, 1.165) is 31.9 Å². The van der Waals surface area contributed by atoms with Crippen molar-refractivity contribution in [2.45, 2.75) is 26.8 Å². The van der Waals surface area contributed by atoms with Crippen molar-refractivity contribution in [1.29, 1.82) is 0 Å². The Morgan fingerprint density at radius 3 is 2.94 bits per heavy atom. The van der Waals surface area contributed by atoms with Crippen molar-refractivity contribution in [3.8, 4) is 0 Å². The van der Waals surface area contributed by atoms with E-state index in [9.17, 15) is 0 Å². The summed E-state index contributed by atoms with van der Waals surface area (Å²) < 4.78 is 0. The third-order valence-electron chi connectivity index (χ3n) is 3.49. The van der Waals surface area contributed by atoms with Gasteiger partial charge in [0.25, 0.3) is 0 Å². The zero-order valence-corrected chi connectivity index (χ0v) is 11.2. The third-order valence-corrected chi connectivity index (χ3v) is 3.49. The van der Waals surface area contributed by atoms with Crippen LogP contribution in [0.25, 0.3) is 0 Å². The lowest BCUT2D eigenvalue weighted by molar-refractivity contribution is 0.202. The number of hydrogen-bond acceptors (Lipinski definition) is 3. The predicted molar refractivity (Wildman–Crippen MR) is 70.9 cm³/mol. The van der Waals surface area contributed by atoms with Crippen molar-refractivity contribution >= 4 is 0 Å². The molecule has 2 rings (SSSR count). The molecule has 0 amide bonds. The highest BCUT2D eigenvalue weighted by Crippen LogP contribution is 2.25. The molecule has 94 valence electrons. The Morgan fingerprint density at radius 1 is 1.47 bits per heavy atom. The van der Waals surface area contributed by atoms with Gasteiger partial charge < -0.3 is 5.32 Å². The molecule has 0 bridgehead atoms. The molecule has 3 nitrogen and oxygen atoms in total. The first kappa shape index (κ1) is 12.5. The molecule has 2 heterocycles. The Labute approximate surface area is 104 Å². The molecule has 0 radical (unpaired) electrons. The van der Waals surface area contributed by atoms with E-state index in [1.165, 1.54) is 12.1 Å². The largest absolute Gasteiger partial charge is 0.316 e. The molecule has 0 aromatic carbocycles. The van der Waals surface area contributed by atoms with Crippen LogP contribution < -0.4 is 5.32 Å². The summed E-state index contributed by atoms with van der Waals surface area (Å²) in [5.41, 5.74) is 2.70. The molecule has 1 atom stereocenters. The van der Waals surface area contributed by atoms with Gasteiger partial charge in [-0.25, -0.2) is 0 Å². The van der Waals surface area contributed by atoms with E-state index < -0.39 is 0 Å². The van der Waals surface area contributed by atoms with E-state index in [2.05, 4.69) is 41.3 Å². The van der Waals surface area contributed by atoms with Crippen LogP contribution >= 0.6 is 0 Å². The minimum Gasteiger partial charge on any atom is -0.316 e. The minimum absolute atomic E-state index is 0.429. The predicted octanol–water partition coefficient (Wildman–Crippen LogP) is 1.82. The quantitative estimate of drug-likeness (QED) is 0.860. The van der Waals surface area contributed by atoms with E-state index in [1.807, 2.05) is 13.0 Å². The molecule has 1 aliphatic rings. The second kappa shape index (κ2) is 5.15. The highest BCUT2D eigenvalue weighted by Gasteiger charge is 2.29. The molecule has 17 heavy (non-hydrogen) atoms. The van der Waals surface area contributed by atoms with Crippen LogP contribution in [0.4, 0.5) is 0 Å². The van der Waals surface area contributed by atoms with E-state index >= 15 is 0 Å². The molecule has 0 aliphatic carbocycles. The van der Waals surface area contributed by atoms with Crippen LogP contribution in [-0.4, -0.2) is 36.6 Å². The number of nitrogens with zero attached hydrogens (tertiary/aromatic N) is 2. The van der Waals surface area contributed by atoms with Crippen LogP contribution in [0.15, 0.2) is 18.2 Å². The first-order chi connectivity index (χ1) is 8.07. The summed E-state index contributed by atoms with van der Waals surface area (Å²) in [6, 6.07) is 6.24. The Hall–Kier alpha value is -0.930. The fraction of sp³-hybridized carbons (Fsp3) is 0.643. The van der Waals surface area contributed by atoms with Gasteiger partial charge in [-0.15, -0.1) is 0 Å². The van der Waals surface area contributed by atoms with Crippen molar-refractivity contribution in [2.75, 3.05) is 26.7 Å². The highest BCUT2D eigenvalue weighted by atomic mass is 15.1. The van der Waals surface area contributed by atoms with Gasteiger partial charge in [0.2, 0.25) is 0 Å². The summed E-state index contributed by atoms with van der Waals surface area (Å²) in [5, 5.41) is 3.45. The Bertz CT molecular complexity index is 369. The fourth-order valence-corrected chi connectivity index (χ4v) is 2.68. The SMILES string of the molecule is Cc1cccc(CN(C)CC2(C)CCNC2)n1. The van der Waals surface area contributed by atoms with E-state index in [0.29, 0.717) is 5.41 Å². The molecule has 0 spiro atoms. The van der Waals surface area contributed by atoms with Crippen LogP contribution in [0.3, 0.4) is 0 Å². The summed E-state index contributed by atoms with van der Waals surface area (Å²) in [4.78, 5) is 6.94. The van der Waals surface area contributed by atoms with Gasteiger partial charge in [0, 0.05) is 25.3 Å². The molecular weight excluding hydrogens is 210 g/mol. The van der Waals surface area contributed by atoms with Crippen molar-refractivity contribution < 1.29 is 0 Å². The summed E-state index contributed by atoms with van der Waals surface area (Å²) in [5.74, 6) is 0. The van der Waals surface area contributed by atoms with Crippen molar-refractivity contribution in [2.24, 2.45) is 5.41 Å². The van der Waals surface area contributed by atoms with Crippen LogP contribution in [0.5, 0.6) is 0 Å². The van der Waals surface area contributed by atoms with Crippen molar-refractivity contribution in [1.82, 2.24) is 15.2 Å². The van der Waals surface area contributed by atoms with Crippen LogP contribution in [0.2, 0.25) is 0 Å². The van der Waals surface area contributed by atoms with E-state index in [4.69, 9.17) is 0 Å². The highest BCUT2D eigenvalue weighted by molar-refractivity contribution is 5.09. The van der Waals surface area contributed by atoms with Gasteiger partial charge in [0.1, 0.15) is 0 Å². The fourth-order valence-electron chi connectivity index (χ4n) is 2.68. The first-order valence-corrected chi connectivity index (χ1v) is 6.39. The monoisotopic (exact) mass is 233 g/mol. The zero-order valence-electron chi connectivity index (χ0n) is 11.2. The lowest BCUT2D eigenvalue weighted by Gasteiger charge is -2.29. The van der Waals surface area contributed by atoms with Crippen molar-refractivity contribution in [3.05, 3.63) is 29.6 Å². The van der Waals surface area contributed by atoms with Gasteiger partial charge in [-0.1, -0.05) is 13.0 Å². The number of nitrogens with one attached hydrogen (secondary N) is 1. The molecule has 1 aliphatic heterocycles. The first-order valence-electron chi connectivity index (χ1n) is 6.39. The Balaban J connectivity index is 1.90. The molecule has 1 unspecified atom stereocenters. The molecule has 1 fully saturated rings. The van der Waals surface area contributed by atoms with Gasteiger partial charge in [0.15, 0.2) is 0 Å². The minimum atomic E-state index is 0.429. The summed E-state index contributed by atoms with van der Waals surface area (Å²) >= 11 is 0. The van der Waals surface area contributed by atoms with Gasteiger partial charge in [-0.05, 0) is 44.5 Å². The third kappa shape index (κ3) is 3.51. The zero-order chi connectivity index (χ0) is 12.3. The molecular formula is C14H23N3. The van der Waals surface area contributed by atoms with Gasteiger partial charge in [-0.3, -0.25) is 9.88 Å². The topological polar surface area (TPSA) is 28.2 Å². The smallest absolute Gasteiger partial charge is 0.0547 e. The molecule has 3 heteroatoms. The summed E-state index contributed by atoms with van der Waals surface area (Å²) in [6.07, 6.45) is 1.28. The molecule has 1 aromatic heterocycles. The number of pyridine rings is 1. The average molecular weight is 233 g/mol. The van der Waals surface area contributed by atoms with Crippen LogP contribution in [-0.2, 0) is 6.54 Å². The van der Waals surface area contributed by atoms with Crippen molar-refractivity contribution in [3.63, 3.8) is 0 Å². The number of aryl methyl sites for hydroxylation is 1. The van der Waals surface area contributed by atoms with Gasteiger partial charge in [0.05, 0.1) is 5.69 Å². The maximum atomic E-state index is 4.55. The number of hydrogen-bond donors (Lipinski definition) is 1. The molecule has 1 saturated heterocycles. The lowest BCUT2D eigenvalue weighted by atomic mass is 9.89. The van der Waals surface area contributed by atoms with Gasteiger partial charge in [-0.2, -0.15) is 0 Å². The second-order valence-corrected chi connectivity index (χ2v) is 5.68. The number of rotatable bonds is 4. The van der Waals surface area contributed by atoms with E-state index in [-0.39, 0.29) is 0 Å². The number of aromatic nitrogens is 1. The average Bonchev–Trinajstić information content (AvgIpc) is 2.64. The summed E-state index contributed by atoms with van der Waals surface area (Å²) in [7, 11) is 2.19. The van der Waals surface area contributed by atoms with Crippen LogP contribution in [0, 0.1) is 12.3 Å². The molecule has 0 saturated carbocycles. The van der Waals surface area contributed by atoms with E-state index in [1.54, 1.807) is 0 Å². The normalized spacial score (nSPS) is 24.5. The summed E-state index contributed by atoms with van der Waals surface area (Å²) in [6.45, 7) is 8.79. The Morgan fingerprint density at radius 2 is 2.29 bits per heavy atom. The molecule has 1 aromatic rings. The lowest BCUT2D eigenvalue weighted by Crippen LogP contribution is -2.34. The maximum Gasteiger partial charge on any atom is 0.0547 e. The molecule has 1 N–H and O–H groups in total.